The highest BCUT2D eigenvalue weighted by Gasteiger charge is 2.30. The number of hydrogen-bond acceptors (Lipinski definition) is 4. The van der Waals surface area contributed by atoms with E-state index in [9.17, 15) is 14.4 Å². The molecule has 2 aromatic rings. The molecule has 0 spiro atoms. The van der Waals surface area contributed by atoms with Crippen LogP contribution in [0.2, 0.25) is 0 Å². The lowest BCUT2D eigenvalue weighted by Gasteiger charge is -2.31. The number of esters is 1. The number of piperidine rings is 1. The molecule has 0 aromatic heterocycles. The van der Waals surface area contributed by atoms with Crippen LogP contribution in [0.4, 0.5) is 5.69 Å². The molecule has 152 valence electrons. The van der Waals surface area contributed by atoms with Crippen LogP contribution in [0.15, 0.2) is 42.5 Å². The van der Waals surface area contributed by atoms with Crippen molar-refractivity contribution in [2.75, 3.05) is 18.4 Å². The number of nitrogens with one attached hydrogen (secondary N) is 1. The van der Waals surface area contributed by atoms with E-state index in [1.165, 1.54) is 6.92 Å². The largest absolute Gasteiger partial charge is 0.426 e. The number of benzene rings is 2. The topological polar surface area (TPSA) is 75.7 Å². The van der Waals surface area contributed by atoms with Crippen molar-refractivity contribution in [2.24, 2.45) is 5.92 Å². The van der Waals surface area contributed by atoms with Gasteiger partial charge in [0.05, 0.1) is 5.92 Å². The summed E-state index contributed by atoms with van der Waals surface area (Å²) in [7, 11) is 0. The summed E-state index contributed by atoms with van der Waals surface area (Å²) in [5, 5.41) is 2.66. The van der Waals surface area contributed by atoms with Crippen LogP contribution in [-0.4, -0.2) is 35.8 Å². The van der Waals surface area contributed by atoms with E-state index in [0.29, 0.717) is 36.5 Å². The smallest absolute Gasteiger partial charge is 0.316 e. The molecule has 2 aromatic carbocycles. The summed E-state index contributed by atoms with van der Waals surface area (Å²) in [6.45, 7) is 6.33. The molecular weight excluding hydrogens is 368 g/mol. The van der Waals surface area contributed by atoms with E-state index >= 15 is 0 Å². The zero-order valence-corrected chi connectivity index (χ0v) is 17.0. The molecular formula is C23H26N2O4. The number of carbonyl (C=O) groups excluding carboxylic acids is 3. The number of amides is 2. The second-order valence-corrected chi connectivity index (χ2v) is 7.60. The first-order valence-electron chi connectivity index (χ1n) is 9.79. The van der Waals surface area contributed by atoms with Crippen molar-refractivity contribution in [3.8, 4) is 5.75 Å². The van der Waals surface area contributed by atoms with E-state index in [1.807, 2.05) is 32.0 Å². The summed E-state index contributed by atoms with van der Waals surface area (Å²) >= 11 is 0. The molecule has 0 aliphatic carbocycles. The van der Waals surface area contributed by atoms with Crippen LogP contribution in [0, 0.1) is 19.8 Å². The highest BCUT2D eigenvalue weighted by atomic mass is 16.5. The Morgan fingerprint density at radius 3 is 2.48 bits per heavy atom. The highest BCUT2D eigenvalue weighted by molar-refractivity contribution is 5.95. The summed E-state index contributed by atoms with van der Waals surface area (Å²) in [6.07, 6.45) is 1.43. The van der Waals surface area contributed by atoms with Crippen molar-refractivity contribution in [3.05, 3.63) is 59.2 Å². The van der Waals surface area contributed by atoms with Gasteiger partial charge in [0.25, 0.3) is 5.91 Å². The molecule has 0 bridgehead atoms. The van der Waals surface area contributed by atoms with Crippen LogP contribution in [0.25, 0.3) is 0 Å². The third kappa shape index (κ3) is 5.44. The molecule has 3 rings (SSSR count). The van der Waals surface area contributed by atoms with Gasteiger partial charge >= 0.3 is 5.97 Å². The van der Waals surface area contributed by atoms with Gasteiger partial charge in [0, 0.05) is 37.3 Å². The van der Waals surface area contributed by atoms with E-state index in [1.54, 1.807) is 29.2 Å². The van der Waals surface area contributed by atoms with E-state index < -0.39 is 0 Å². The molecule has 1 N–H and O–H groups in total. The van der Waals surface area contributed by atoms with Gasteiger partial charge in [0.15, 0.2) is 0 Å². The Morgan fingerprint density at radius 2 is 1.79 bits per heavy atom. The van der Waals surface area contributed by atoms with Crippen LogP contribution in [0.3, 0.4) is 0 Å². The second kappa shape index (κ2) is 8.90. The molecule has 1 atom stereocenters. The third-order valence-electron chi connectivity index (χ3n) is 4.88. The molecule has 29 heavy (non-hydrogen) atoms. The van der Waals surface area contributed by atoms with Crippen LogP contribution in [0.5, 0.6) is 5.75 Å². The number of hydrogen-bond donors (Lipinski definition) is 1. The van der Waals surface area contributed by atoms with Crippen LogP contribution < -0.4 is 10.1 Å². The minimum atomic E-state index is -0.372. The normalized spacial score (nSPS) is 16.2. The lowest BCUT2D eigenvalue weighted by Crippen LogP contribution is -2.43. The first kappa shape index (κ1) is 20.6. The van der Waals surface area contributed by atoms with Gasteiger partial charge in [-0.25, -0.2) is 0 Å². The van der Waals surface area contributed by atoms with Crippen LogP contribution in [0.1, 0.15) is 41.3 Å². The Balaban J connectivity index is 1.66. The van der Waals surface area contributed by atoms with Crippen LogP contribution >= 0.6 is 0 Å². The van der Waals surface area contributed by atoms with Crippen molar-refractivity contribution < 1.29 is 19.1 Å². The summed E-state index contributed by atoms with van der Waals surface area (Å²) in [6, 6.07) is 12.5. The Labute approximate surface area is 170 Å². The number of nitrogens with zero attached hydrogens (tertiary/aromatic N) is 1. The SMILES string of the molecule is CC(=O)Nc1cccc(OC(=O)[C@@H]2CCCN(C(=O)c3cc(C)cc(C)c3)C2)c1. The summed E-state index contributed by atoms with van der Waals surface area (Å²) in [5.74, 6) is -0.604. The zero-order valence-electron chi connectivity index (χ0n) is 17.0. The molecule has 0 unspecified atom stereocenters. The van der Waals surface area contributed by atoms with Gasteiger partial charge in [-0.3, -0.25) is 14.4 Å². The average Bonchev–Trinajstić information content (AvgIpc) is 2.66. The number of carbonyl (C=O) groups is 3. The molecule has 1 aliphatic rings. The van der Waals surface area contributed by atoms with Gasteiger partial charge in [0.2, 0.25) is 5.91 Å². The third-order valence-corrected chi connectivity index (χ3v) is 4.88. The predicted molar refractivity (Wildman–Crippen MR) is 111 cm³/mol. The molecule has 0 saturated carbocycles. The molecule has 6 nitrogen and oxygen atoms in total. The fourth-order valence-electron chi connectivity index (χ4n) is 3.67. The monoisotopic (exact) mass is 394 g/mol. The Kier molecular flexibility index (Phi) is 6.32. The van der Waals surface area contributed by atoms with Crippen molar-refractivity contribution in [1.29, 1.82) is 0 Å². The van der Waals surface area contributed by atoms with Gasteiger partial charge in [-0.1, -0.05) is 23.3 Å². The minimum absolute atomic E-state index is 0.0537. The van der Waals surface area contributed by atoms with Crippen molar-refractivity contribution in [1.82, 2.24) is 4.90 Å². The molecule has 0 radical (unpaired) electrons. The molecule has 6 heteroatoms. The number of aryl methyl sites for hydroxylation is 2. The molecule has 1 aliphatic heterocycles. The Bertz CT molecular complexity index is 918. The average molecular weight is 394 g/mol. The van der Waals surface area contributed by atoms with Crippen molar-refractivity contribution in [2.45, 2.75) is 33.6 Å². The van der Waals surface area contributed by atoms with Crippen molar-refractivity contribution in [3.63, 3.8) is 0 Å². The Hall–Kier alpha value is -3.15. The first-order valence-corrected chi connectivity index (χ1v) is 9.79. The predicted octanol–water partition coefficient (Wildman–Crippen LogP) is 3.72. The molecule has 1 saturated heterocycles. The molecule has 2 amide bonds. The summed E-state index contributed by atoms with van der Waals surface area (Å²) < 4.78 is 5.52. The summed E-state index contributed by atoms with van der Waals surface area (Å²) in [4.78, 5) is 38.5. The maximum Gasteiger partial charge on any atom is 0.316 e. The maximum absolute atomic E-state index is 12.9. The lowest BCUT2D eigenvalue weighted by atomic mass is 9.97. The first-order chi connectivity index (χ1) is 13.8. The van der Waals surface area contributed by atoms with E-state index in [4.69, 9.17) is 4.74 Å². The number of likely N-dealkylation sites (tertiary alicyclic amines) is 1. The maximum atomic E-state index is 12.9. The highest BCUT2D eigenvalue weighted by Crippen LogP contribution is 2.23. The molecule has 1 fully saturated rings. The van der Waals surface area contributed by atoms with Gasteiger partial charge < -0.3 is 15.0 Å². The van der Waals surface area contributed by atoms with Gasteiger partial charge in [0.1, 0.15) is 5.75 Å². The minimum Gasteiger partial charge on any atom is -0.426 e. The van der Waals surface area contributed by atoms with Gasteiger partial charge in [-0.15, -0.1) is 0 Å². The number of anilines is 1. The fraction of sp³-hybridized carbons (Fsp3) is 0.348. The molecule has 1 heterocycles. The number of ether oxygens (including phenoxy) is 1. The van der Waals surface area contributed by atoms with E-state index in [-0.39, 0.29) is 23.7 Å². The quantitative estimate of drug-likeness (QED) is 0.633. The number of rotatable bonds is 4. The van der Waals surface area contributed by atoms with Crippen molar-refractivity contribution >= 4 is 23.5 Å². The van der Waals surface area contributed by atoms with E-state index in [0.717, 1.165) is 17.5 Å². The standard InChI is InChI=1S/C23H26N2O4/c1-15-10-16(2)12-19(11-15)22(27)25-9-5-6-18(14-25)23(28)29-21-8-4-7-20(13-21)24-17(3)26/h4,7-8,10-13,18H,5-6,9,14H2,1-3H3,(H,24,26)/t18-/m1/s1. The lowest BCUT2D eigenvalue weighted by molar-refractivity contribution is -0.140. The second-order valence-electron chi connectivity index (χ2n) is 7.60. The van der Waals surface area contributed by atoms with E-state index in [2.05, 4.69) is 5.32 Å². The van der Waals surface area contributed by atoms with Crippen LogP contribution in [-0.2, 0) is 9.59 Å². The van der Waals surface area contributed by atoms with Gasteiger partial charge in [-0.2, -0.15) is 0 Å². The Morgan fingerprint density at radius 1 is 1.07 bits per heavy atom. The van der Waals surface area contributed by atoms with Gasteiger partial charge in [-0.05, 0) is 51.0 Å². The fourth-order valence-corrected chi connectivity index (χ4v) is 3.67. The summed E-state index contributed by atoms with van der Waals surface area (Å²) in [5.41, 5.74) is 3.30. The zero-order chi connectivity index (χ0) is 21.0.